The van der Waals surface area contributed by atoms with E-state index >= 15 is 0 Å². The minimum absolute atomic E-state index is 0.417. The highest BCUT2D eigenvalue weighted by Crippen LogP contribution is 2.23. The van der Waals surface area contributed by atoms with Crippen molar-refractivity contribution in [3.63, 3.8) is 0 Å². The van der Waals surface area contributed by atoms with Gasteiger partial charge in [0.1, 0.15) is 5.75 Å². The van der Waals surface area contributed by atoms with E-state index in [1.807, 2.05) is 0 Å². The number of halogens is 3. The van der Waals surface area contributed by atoms with Gasteiger partial charge in [0.05, 0.1) is 4.90 Å². The van der Waals surface area contributed by atoms with Gasteiger partial charge in [0.15, 0.2) is 0 Å². The van der Waals surface area contributed by atoms with Gasteiger partial charge in [0, 0.05) is 0 Å². The minimum Gasteiger partial charge on any atom is -0.406 e. The van der Waals surface area contributed by atoms with Gasteiger partial charge in [-0.3, -0.25) is 4.55 Å². The van der Waals surface area contributed by atoms with Crippen LogP contribution in [0.1, 0.15) is 0 Å². The number of hydrazine groups is 1. The molecule has 0 saturated carbocycles. The van der Waals surface area contributed by atoms with Crippen LogP contribution in [0.5, 0.6) is 5.75 Å². The van der Waals surface area contributed by atoms with E-state index in [9.17, 15) is 25.8 Å². The second-order valence-corrected chi connectivity index (χ2v) is 5.36. The van der Waals surface area contributed by atoms with E-state index in [1.165, 1.54) is 4.83 Å². The predicted molar refractivity (Wildman–Crippen MR) is 57.4 cm³/mol. The molecule has 12 heteroatoms. The zero-order valence-corrected chi connectivity index (χ0v) is 10.5. The number of sulfonamides is 1. The Morgan fingerprint density at radius 2 is 1.74 bits per heavy atom. The number of alkyl halides is 3. The summed E-state index contributed by atoms with van der Waals surface area (Å²) in [5.41, 5.74) is 0. The monoisotopic (exact) mass is 320 g/mol. The van der Waals surface area contributed by atoms with Crippen molar-refractivity contribution in [1.82, 2.24) is 9.66 Å². The Labute approximate surface area is 108 Å². The number of ether oxygens (including phenoxy) is 1. The van der Waals surface area contributed by atoms with Crippen molar-refractivity contribution in [2.45, 2.75) is 11.3 Å². The van der Waals surface area contributed by atoms with Crippen molar-refractivity contribution in [1.29, 1.82) is 0 Å². The van der Waals surface area contributed by atoms with E-state index in [0.29, 0.717) is 0 Å². The molecule has 0 heterocycles. The van der Waals surface area contributed by atoms with Crippen LogP contribution in [0.4, 0.5) is 13.2 Å². The Hall–Kier alpha value is -1.21. The zero-order valence-electron chi connectivity index (χ0n) is 8.84. The summed E-state index contributed by atoms with van der Waals surface area (Å²) in [6, 6.07) is 3.26. The van der Waals surface area contributed by atoms with E-state index in [0.717, 1.165) is 24.3 Å². The number of hydrogen-bond donors (Lipinski definition) is 3. The van der Waals surface area contributed by atoms with Crippen molar-refractivity contribution in [2.75, 3.05) is 0 Å². The van der Waals surface area contributed by atoms with Crippen LogP contribution in [0.25, 0.3) is 0 Å². The molecule has 0 aromatic heterocycles. The molecule has 7 nitrogen and oxygen atoms in total. The van der Waals surface area contributed by atoms with Crippen molar-refractivity contribution in [3.05, 3.63) is 24.3 Å². The molecular formula is C7H7F3N2O5S2. The largest absolute Gasteiger partial charge is 0.573 e. The lowest BCUT2D eigenvalue weighted by Gasteiger charge is -2.09. The lowest BCUT2D eigenvalue weighted by Crippen LogP contribution is -2.38. The van der Waals surface area contributed by atoms with Crippen LogP contribution < -0.4 is 14.4 Å². The maximum atomic E-state index is 11.9. The van der Waals surface area contributed by atoms with Gasteiger partial charge in [-0.25, -0.2) is 12.6 Å². The van der Waals surface area contributed by atoms with Gasteiger partial charge in [0.2, 0.25) is 11.3 Å². The second kappa shape index (κ2) is 5.83. The normalized spacial score (nSPS) is 14.1. The van der Waals surface area contributed by atoms with Crippen molar-refractivity contribution in [2.24, 2.45) is 0 Å². The van der Waals surface area contributed by atoms with Gasteiger partial charge >= 0.3 is 6.36 Å². The summed E-state index contributed by atoms with van der Waals surface area (Å²) in [5.74, 6) is -0.592. The highest BCUT2D eigenvalue weighted by Gasteiger charge is 2.31. The van der Waals surface area contributed by atoms with Gasteiger partial charge < -0.3 is 4.74 Å². The highest BCUT2D eigenvalue weighted by atomic mass is 32.2. The minimum atomic E-state index is -4.88. The molecule has 1 atom stereocenters. The van der Waals surface area contributed by atoms with Gasteiger partial charge in [-0.15, -0.1) is 22.8 Å². The molecule has 3 N–H and O–H groups in total. The standard InChI is InChI=1S/C7H7F3N2O5S2/c8-7(9,10)17-5-1-3-6(4-2-5)19(15,16)12-11-18(13)14/h1-4,11-12H,(H,13,14). The number of rotatable bonds is 5. The zero-order chi connectivity index (χ0) is 14.7. The molecule has 108 valence electrons. The van der Waals surface area contributed by atoms with Crippen LogP contribution in [0.2, 0.25) is 0 Å². The van der Waals surface area contributed by atoms with E-state index in [4.69, 9.17) is 4.55 Å². The van der Waals surface area contributed by atoms with Gasteiger partial charge in [-0.2, -0.15) is 0 Å². The van der Waals surface area contributed by atoms with Crippen molar-refractivity contribution >= 4 is 21.3 Å². The molecule has 0 amide bonds. The molecule has 1 unspecified atom stereocenters. The maximum Gasteiger partial charge on any atom is 0.573 e. The van der Waals surface area contributed by atoms with Crippen molar-refractivity contribution < 1.29 is 35.1 Å². The Kier molecular flexibility index (Phi) is 4.86. The molecular weight excluding hydrogens is 313 g/mol. The molecule has 0 aliphatic rings. The summed E-state index contributed by atoms with van der Waals surface area (Å²) in [4.78, 5) is 2.65. The Morgan fingerprint density at radius 3 is 2.16 bits per heavy atom. The number of hydrogen-bond acceptors (Lipinski definition) is 4. The first-order chi connectivity index (χ1) is 8.60. The summed E-state index contributed by atoms with van der Waals surface area (Å²) >= 11 is -2.62. The Bertz CT molecular complexity index is 557. The quantitative estimate of drug-likeness (QED) is 0.541. The van der Waals surface area contributed by atoms with Gasteiger partial charge in [-0.05, 0) is 24.3 Å². The second-order valence-electron chi connectivity index (χ2n) is 2.98. The van der Waals surface area contributed by atoms with Gasteiger partial charge in [-0.1, -0.05) is 0 Å². The topological polar surface area (TPSA) is 105 Å². The van der Waals surface area contributed by atoms with Crippen LogP contribution >= 0.6 is 0 Å². The summed E-state index contributed by atoms with van der Waals surface area (Å²) in [5, 5.41) is 0. The Morgan fingerprint density at radius 1 is 1.21 bits per heavy atom. The van der Waals surface area contributed by atoms with Crippen LogP contribution in [0.15, 0.2) is 29.2 Å². The SMILES string of the molecule is O=S(O)NNS(=O)(=O)c1ccc(OC(F)(F)F)cc1. The van der Waals surface area contributed by atoms with Gasteiger partial charge in [0.25, 0.3) is 10.0 Å². The first-order valence-corrected chi connectivity index (χ1v) is 6.93. The van der Waals surface area contributed by atoms with E-state index in [-0.39, 0.29) is 0 Å². The molecule has 0 bridgehead atoms. The van der Waals surface area contributed by atoms with Crippen LogP contribution in [0, 0.1) is 0 Å². The highest BCUT2D eigenvalue weighted by molar-refractivity contribution is 7.90. The molecule has 0 spiro atoms. The molecule has 0 fully saturated rings. The molecule has 1 aromatic carbocycles. The third-order valence-corrected chi connectivity index (χ3v) is 3.30. The fourth-order valence-corrected chi connectivity index (χ4v) is 2.31. The number of benzene rings is 1. The molecule has 1 rings (SSSR count). The molecule has 0 saturated heterocycles. The fraction of sp³-hybridized carbons (Fsp3) is 0.143. The molecule has 1 aromatic rings. The first kappa shape index (κ1) is 15.8. The first-order valence-electron chi connectivity index (χ1n) is 4.34. The Balaban J connectivity index is 2.84. The third kappa shape index (κ3) is 5.52. The summed E-state index contributed by atoms with van der Waals surface area (Å²) in [6.45, 7) is 0. The van der Waals surface area contributed by atoms with Crippen LogP contribution in [-0.2, 0) is 21.3 Å². The van der Waals surface area contributed by atoms with E-state index < -0.39 is 38.3 Å². The average Bonchev–Trinajstić information content (AvgIpc) is 2.25. The van der Waals surface area contributed by atoms with E-state index in [2.05, 4.69) is 4.74 Å². The summed E-state index contributed by atoms with van der Waals surface area (Å²) in [7, 11) is -4.17. The molecule has 0 aliphatic heterocycles. The summed E-state index contributed by atoms with van der Waals surface area (Å²) < 4.78 is 80.6. The lowest BCUT2D eigenvalue weighted by molar-refractivity contribution is -0.274. The van der Waals surface area contributed by atoms with Crippen LogP contribution in [0.3, 0.4) is 0 Å². The summed E-state index contributed by atoms with van der Waals surface area (Å²) in [6.07, 6.45) is -4.88. The number of nitrogens with one attached hydrogen (secondary N) is 2. The third-order valence-electron chi connectivity index (χ3n) is 1.63. The lowest BCUT2D eigenvalue weighted by atomic mass is 10.3. The van der Waals surface area contributed by atoms with Crippen LogP contribution in [-0.4, -0.2) is 23.5 Å². The predicted octanol–water partition coefficient (Wildman–Crippen LogP) is 0.505. The molecule has 0 aliphatic carbocycles. The van der Waals surface area contributed by atoms with Crippen molar-refractivity contribution in [3.8, 4) is 5.75 Å². The van der Waals surface area contributed by atoms with E-state index in [1.54, 1.807) is 4.83 Å². The molecule has 19 heavy (non-hydrogen) atoms. The smallest absolute Gasteiger partial charge is 0.406 e. The fourth-order valence-electron chi connectivity index (χ4n) is 0.970. The average molecular weight is 320 g/mol. The molecule has 0 radical (unpaired) electrons. The maximum absolute atomic E-state index is 11.9.